The third-order valence-corrected chi connectivity index (χ3v) is 4.19. The molecule has 0 bridgehead atoms. The van der Waals surface area contributed by atoms with Crippen molar-refractivity contribution in [3.05, 3.63) is 41.7 Å². The topological polar surface area (TPSA) is 105 Å². The molecule has 1 aliphatic carbocycles. The molecular weight excluding hydrogens is 304 g/mol. The number of nitrogen functional groups attached to an aromatic ring is 1. The minimum Gasteiger partial charge on any atom is -0.393 e. The van der Waals surface area contributed by atoms with Crippen LogP contribution in [0.4, 0.5) is 17.3 Å². The van der Waals surface area contributed by atoms with E-state index >= 15 is 0 Å². The number of hydrazine groups is 1. The third-order valence-electron chi connectivity index (χ3n) is 4.19. The summed E-state index contributed by atoms with van der Waals surface area (Å²) in [6.07, 6.45) is 6.11. The molecule has 0 spiro atoms. The van der Waals surface area contributed by atoms with E-state index in [9.17, 15) is 4.79 Å². The van der Waals surface area contributed by atoms with Crippen molar-refractivity contribution in [1.82, 2.24) is 15.4 Å². The zero-order valence-corrected chi connectivity index (χ0v) is 13.7. The molecule has 3 rings (SSSR count). The van der Waals surface area contributed by atoms with E-state index in [0.717, 1.165) is 18.4 Å². The predicted molar refractivity (Wildman–Crippen MR) is 94.6 cm³/mol. The van der Waals surface area contributed by atoms with Gasteiger partial charge in [-0.15, -0.1) is 0 Å². The van der Waals surface area contributed by atoms with Gasteiger partial charge in [0.15, 0.2) is 11.6 Å². The first-order valence-corrected chi connectivity index (χ1v) is 8.13. The van der Waals surface area contributed by atoms with Crippen LogP contribution in [0.2, 0.25) is 0 Å². The molecule has 0 saturated heterocycles. The van der Waals surface area contributed by atoms with Gasteiger partial charge in [-0.1, -0.05) is 30.5 Å². The zero-order chi connectivity index (χ0) is 16.9. The van der Waals surface area contributed by atoms with Crippen LogP contribution < -0.4 is 21.9 Å². The quantitative estimate of drug-likeness (QED) is 0.629. The number of aromatic nitrogens is 2. The first-order valence-electron chi connectivity index (χ1n) is 8.13. The van der Waals surface area contributed by atoms with Crippen molar-refractivity contribution in [2.75, 3.05) is 16.5 Å². The molecule has 7 heteroatoms. The predicted octanol–water partition coefficient (Wildman–Crippen LogP) is 2.48. The molecule has 1 amide bonds. The number of nitrogens with one attached hydrogen (secondary N) is 3. The number of hydrogen-bond acceptors (Lipinski definition) is 6. The second-order valence-corrected chi connectivity index (χ2v) is 6.06. The SMILES string of the molecule is Cc1ccc(C(=O)NNc2ncnc(NC3CCCC3)c2N)cc1. The fourth-order valence-electron chi connectivity index (χ4n) is 2.77. The molecule has 1 aromatic heterocycles. The molecule has 126 valence electrons. The lowest BCUT2D eigenvalue weighted by Crippen LogP contribution is -2.30. The van der Waals surface area contributed by atoms with Crippen molar-refractivity contribution in [1.29, 1.82) is 0 Å². The Hall–Kier alpha value is -2.83. The average Bonchev–Trinajstić information content (AvgIpc) is 3.09. The molecule has 0 radical (unpaired) electrons. The van der Waals surface area contributed by atoms with Crippen LogP contribution in [0.25, 0.3) is 0 Å². The van der Waals surface area contributed by atoms with Crippen molar-refractivity contribution in [3.8, 4) is 0 Å². The summed E-state index contributed by atoms with van der Waals surface area (Å²) >= 11 is 0. The number of amides is 1. The fraction of sp³-hybridized carbons (Fsp3) is 0.353. The number of aryl methyl sites for hydroxylation is 1. The van der Waals surface area contributed by atoms with Gasteiger partial charge < -0.3 is 11.1 Å². The van der Waals surface area contributed by atoms with Gasteiger partial charge in [0, 0.05) is 11.6 Å². The number of benzene rings is 1. The maximum absolute atomic E-state index is 12.1. The Morgan fingerprint density at radius 1 is 1.12 bits per heavy atom. The van der Waals surface area contributed by atoms with Crippen LogP contribution in [-0.2, 0) is 0 Å². The first-order chi connectivity index (χ1) is 11.6. The second-order valence-electron chi connectivity index (χ2n) is 6.06. The summed E-state index contributed by atoms with van der Waals surface area (Å²) in [6, 6.07) is 7.71. The van der Waals surface area contributed by atoms with Gasteiger partial charge in [0.05, 0.1) is 0 Å². The van der Waals surface area contributed by atoms with Crippen LogP contribution in [0, 0.1) is 6.92 Å². The van der Waals surface area contributed by atoms with E-state index in [2.05, 4.69) is 26.1 Å². The van der Waals surface area contributed by atoms with Gasteiger partial charge in [0.2, 0.25) is 0 Å². The number of nitrogens with two attached hydrogens (primary N) is 1. The molecule has 0 aliphatic heterocycles. The number of rotatable bonds is 5. The molecule has 24 heavy (non-hydrogen) atoms. The van der Waals surface area contributed by atoms with E-state index in [4.69, 9.17) is 5.73 Å². The molecule has 1 aromatic carbocycles. The standard InChI is InChI=1S/C17H22N6O/c1-11-6-8-12(9-7-11)17(24)23-22-16-14(18)15(19-10-20-16)21-13-4-2-3-5-13/h6-10,13H,2-5,18H2,1H3,(H,23,24)(H2,19,20,21,22). The molecule has 5 N–H and O–H groups in total. The highest BCUT2D eigenvalue weighted by molar-refractivity contribution is 5.95. The lowest BCUT2D eigenvalue weighted by Gasteiger charge is -2.16. The summed E-state index contributed by atoms with van der Waals surface area (Å²) in [5, 5.41) is 3.35. The third kappa shape index (κ3) is 3.73. The van der Waals surface area contributed by atoms with Crippen molar-refractivity contribution < 1.29 is 4.79 Å². The minimum atomic E-state index is -0.252. The summed E-state index contributed by atoms with van der Waals surface area (Å²) in [7, 11) is 0. The Morgan fingerprint density at radius 2 is 1.79 bits per heavy atom. The van der Waals surface area contributed by atoms with Crippen LogP contribution in [0.15, 0.2) is 30.6 Å². The van der Waals surface area contributed by atoms with Gasteiger partial charge in [-0.2, -0.15) is 0 Å². The minimum absolute atomic E-state index is 0.252. The second kappa shape index (κ2) is 7.16. The zero-order valence-electron chi connectivity index (χ0n) is 13.7. The molecule has 1 heterocycles. The molecular formula is C17H22N6O. The summed E-state index contributed by atoms with van der Waals surface area (Å²) in [5.41, 5.74) is 13.5. The van der Waals surface area contributed by atoms with Crippen LogP contribution >= 0.6 is 0 Å². The molecule has 1 aliphatic rings. The van der Waals surface area contributed by atoms with E-state index < -0.39 is 0 Å². The van der Waals surface area contributed by atoms with Gasteiger partial charge in [-0.3, -0.25) is 15.6 Å². The summed E-state index contributed by atoms with van der Waals surface area (Å²) in [4.78, 5) is 20.4. The number of carbonyl (C=O) groups is 1. The van der Waals surface area contributed by atoms with E-state index in [1.807, 2.05) is 19.1 Å². The van der Waals surface area contributed by atoms with Crippen LogP contribution in [-0.4, -0.2) is 21.9 Å². The Balaban J connectivity index is 1.64. The molecule has 7 nitrogen and oxygen atoms in total. The van der Waals surface area contributed by atoms with Gasteiger partial charge in [0.1, 0.15) is 12.0 Å². The van der Waals surface area contributed by atoms with Crippen molar-refractivity contribution in [3.63, 3.8) is 0 Å². The number of nitrogens with zero attached hydrogens (tertiary/aromatic N) is 2. The number of hydrogen-bond donors (Lipinski definition) is 4. The smallest absolute Gasteiger partial charge is 0.269 e. The maximum atomic E-state index is 12.1. The maximum Gasteiger partial charge on any atom is 0.269 e. The van der Waals surface area contributed by atoms with Gasteiger partial charge in [-0.05, 0) is 31.9 Å². The van der Waals surface area contributed by atoms with Crippen LogP contribution in [0.1, 0.15) is 41.6 Å². The fourth-order valence-corrected chi connectivity index (χ4v) is 2.77. The summed E-state index contributed by atoms with van der Waals surface area (Å²) < 4.78 is 0. The number of carbonyl (C=O) groups excluding carboxylic acids is 1. The summed E-state index contributed by atoms with van der Waals surface area (Å²) in [5.74, 6) is 0.730. The van der Waals surface area contributed by atoms with E-state index in [1.165, 1.54) is 19.2 Å². The van der Waals surface area contributed by atoms with E-state index in [1.54, 1.807) is 12.1 Å². The van der Waals surface area contributed by atoms with Crippen LogP contribution in [0.3, 0.4) is 0 Å². The Morgan fingerprint density at radius 3 is 2.50 bits per heavy atom. The monoisotopic (exact) mass is 326 g/mol. The van der Waals surface area contributed by atoms with E-state index in [-0.39, 0.29) is 5.91 Å². The molecule has 0 atom stereocenters. The van der Waals surface area contributed by atoms with Crippen molar-refractivity contribution in [2.45, 2.75) is 38.6 Å². The average molecular weight is 326 g/mol. The number of anilines is 3. The first kappa shape index (κ1) is 16.0. The van der Waals surface area contributed by atoms with Gasteiger partial charge in [0.25, 0.3) is 5.91 Å². The summed E-state index contributed by atoms with van der Waals surface area (Å²) in [6.45, 7) is 1.97. The molecule has 1 saturated carbocycles. The largest absolute Gasteiger partial charge is 0.393 e. The Kier molecular flexibility index (Phi) is 4.79. The van der Waals surface area contributed by atoms with Gasteiger partial charge in [-0.25, -0.2) is 9.97 Å². The molecule has 1 fully saturated rings. The Bertz CT molecular complexity index is 710. The highest BCUT2D eigenvalue weighted by Crippen LogP contribution is 2.27. The molecule has 0 unspecified atom stereocenters. The highest BCUT2D eigenvalue weighted by Gasteiger charge is 2.17. The highest BCUT2D eigenvalue weighted by atomic mass is 16.2. The molecule has 2 aromatic rings. The van der Waals surface area contributed by atoms with Crippen molar-refractivity contribution >= 4 is 23.2 Å². The lowest BCUT2D eigenvalue weighted by atomic mass is 10.1. The van der Waals surface area contributed by atoms with Crippen molar-refractivity contribution in [2.24, 2.45) is 0 Å². The van der Waals surface area contributed by atoms with E-state index in [0.29, 0.717) is 28.9 Å². The van der Waals surface area contributed by atoms with Gasteiger partial charge >= 0.3 is 0 Å². The lowest BCUT2D eigenvalue weighted by molar-refractivity contribution is 0.0962. The normalized spacial score (nSPS) is 14.4. The Labute approximate surface area is 141 Å². The van der Waals surface area contributed by atoms with Crippen LogP contribution in [0.5, 0.6) is 0 Å².